The zero-order chi connectivity index (χ0) is 10.5. The summed E-state index contributed by atoms with van der Waals surface area (Å²) in [4.78, 5) is 4.29. The largest absolute Gasteiger partial charge is 0.308 e. The number of hydrogen-bond acceptors (Lipinski definition) is 2. The van der Waals surface area contributed by atoms with E-state index in [-0.39, 0.29) is 0 Å². The first kappa shape index (κ1) is 10.9. The number of rotatable bonds is 3. The first-order chi connectivity index (χ1) is 7.34. The molecule has 0 aromatic carbocycles. The van der Waals surface area contributed by atoms with E-state index in [0.717, 1.165) is 25.1 Å². The molecule has 1 aliphatic rings. The Labute approximate surface area is 96.1 Å². The molecule has 2 nitrogen and oxygen atoms in total. The molecule has 0 atom stereocenters. The number of pyridine rings is 1. The van der Waals surface area contributed by atoms with Gasteiger partial charge in [0.2, 0.25) is 0 Å². The molecule has 1 aromatic rings. The Morgan fingerprint density at radius 2 is 2.07 bits per heavy atom. The topological polar surface area (TPSA) is 24.9 Å². The SMILES string of the molecule is ClC1CCC(NCc2ccccn2)CC1. The van der Waals surface area contributed by atoms with Gasteiger partial charge in [-0.05, 0) is 37.8 Å². The predicted octanol–water partition coefficient (Wildman–Crippen LogP) is 2.72. The molecule has 0 bridgehead atoms. The van der Waals surface area contributed by atoms with E-state index < -0.39 is 0 Å². The Hall–Kier alpha value is -0.600. The van der Waals surface area contributed by atoms with Crippen LogP contribution in [0, 0.1) is 0 Å². The number of nitrogens with zero attached hydrogens (tertiary/aromatic N) is 1. The summed E-state index contributed by atoms with van der Waals surface area (Å²) < 4.78 is 0. The third kappa shape index (κ3) is 3.47. The van der Waals surface area contributed by atoms with Gasteiger partial charge in [0, 0.05) is 24.2 Å². The van der Waals surface area contributed by atoms with Crippen LogP contribution in [-0.2, 0) is 6.54 Å². The number of aromatic nitrogens is 1. The maximum absolute atomic E-state index is 6.06. The highest BCUT2D eigenvalue weighted by molar-refractivity contribution is 6.20. The molecule has 1 saturated carbocycles. The summed E-state index contributed by atoms with van der Waals surface area (Å²) in [6.07, 6.45) is 6.51. The third-order valence-electron chi connectivity index (χ3n) is 2.95. The fourth-order valence-electron chi connectivity index (χ4n) is 2.01. The molecule has 0 aliphatic heterocycles. The molecular weight excluding hydrogens is 208 g/mol. The van der Waals surface area contributed by atoms with Gasteiger partial charge < -0.3 is 5.32 Å². The molecule has 0 amide bonds. The van der Waals surface area contributed by atoms with E-state index in [9.17, 15) is 0 Å². The van der Waals surface area contributed by atoms with Crippen LogP contribution in [0.5, 0.6) is 0 Å². The maximum Gasteiger partial charge on any atom is 0.0541 e. The number of halogens is 1. The van der Waals surface area contributed by atoms with Gasteiger partial charge in [-0.3, -0.25) is 4.98 Å². The highest BCUT2D eigenvalue weighted by atomic mass is 35.5. The molecule has 82 valence electrons. The minimum Gasteiger partial charge on any atom is -0.308 e. The molecule has 0 unspecified atom stereocenters. The van der Waals surface area contributed by atoms with Crippen LogP contribution in [0.1, 0.15) is 31.4 Å². The van der Waals surface area contributed by atoms with Gasteiger partial charge in [-0.15, -0.1) is 11.6 Å². The van der Waals surface area contributed by atoms with Gasteiger partial charge in [0.1, 0.15) is 0 Å². The van der Waals surface area contributed by atoms with Crippen molar-refractivity contribution >= 4 is 11.6 Å². The van der Waals surface area contributed by atoms with Crippen LogP contribution in [0.3, 0.4) is 0 Å². The third-order valence-corrected chi connectivity index (χ3v) is 3.39. The summed E-state index contributed by atoms with van der Waals surface area (Å²) >= 11 is 6.06. The lowest BCUT2D eigenvalue weighted by molar-refractivity contribution is 0.374. The smallest absolute Gasteiger partial charge is 0.0541 e. The second-order valence-corrected chi connectivity index (χ2v) is 4.77. The van der Waals surface area contributed by atoms with Crippen molar-refractivity contribution in [2.24, 2.45) is 0 Å². The zero-order valence-corrected chi connectivity index (χ0v) is 9.58. The summed E-state index contributed by atoms with van der Waals surface area (Å²) in [5.41, 5.74) is 1.12. The fraction of sp³-hybridized carbons (Fsp3) is 0.583. The fourth-order valence-corrected chi connectivity index (χ4v) is 2.26. The van der Waals surface area contributed by atoms with Crippen molar-refractivity contribution in [2.75, 3.05) is 0 Å². The Balaban J connectivity index is 1.74. The second-order valence-electron chi connectivity index (χ2n) is 4.15. The average Bonchev–Trinajstić information content (AvgIpc) is 2.30. The molecule has 1 aromatic heterocycles. The van der Waals surface area contributed by atoms with Crippen LogP contribution in [-0.4, -0.2) is 16.4 Å². The first-order valence-corrected chi connectivity index (χ1v) is 6.05. The monoisotopic (exact) mass is 224 g/mol. The van der Waals surface area contributed by atoms with Gasteiger partial charge in [-0.1, -0.05) is 6.07 Å². The highest BCUT2D eigenvalue weighted by Gasteiger charge is 2.18. The Morgan fingerprint density at radius 3 is 2.73 bits per heavy atom. The van der Waals surface area contributed by atoms with E-state index in [1.165, 1.54) is 12.8 Å². The summed E-state index contributed by atoms with van der Waals surface area (Å²) in [6.45, 7) is 0.873. The minimum absolute atomic E-state index is 0.401. The van der Waals surface area contributed by atoms with Crippen molar-refractivity contribution in [1.82, 2.24) is 10.3 Å². The molecule has 0 radical (unpaired) electrons. The van der Waals surface area contributed by atoms with Gasteiger partial charge in [-0.25, -0.2) is 0 Å². The van der Waals surface area contributed by atoms with Crippen molar-refractivity contribution in [1.29, 1.82) is 0 Å². The van der Waals surface area contributed by atoms with Crippen molar-refractivity contribution in [3.05, 3.63) is 30.1 Å². The maximum atomic E-state index is 6.06. The molecule has 1 heterocycles. The first-order valence-electron chi connectivity index (χ1n) is 5.62. The Kier molecular flexibility index (Phi) is 3.98. The standard InChI is InChI=1S/C12H17ClN2/c13-10-4-6-11(7-5-10)15-9-12-3-1-2-8-14-12/h1-3,8,10-11,15H,4-7,9H2. The molecule has 15 heavy (non-hydrogen) atoms. The van der Waals surface area contributed by atoms with Crippen LogP contribution in [0.15, 0.2) is 24.4 Å². The Morgan fingerprint density at radius 1 is 1.27 bits per heavy atom. The Bertz CT molecular complexity index is 281. The van der Waals surface area contributed by atoms with Gasteiger partial charge in [0.15, 0.2) is 0 Å². The summed E-state index contributed by atoms with van der Waals surface area (Å²) in [7, 11) is 0. The van der Waals surface area contributed by atoms with Gasteiger partial charge in [0.25, 0.3) is 0 Å². The quantitative estimate of drug-likeness (QED) is 0.799. The molecule has 0 spiro atoms. The van der Waals surface area contributed by atoms with Gasteiger partial charge in [-0.2, -0.15) is 0 Å². The molecule has 2 rings (SSSR count). The molecule has 1 N–H and O–H groups in total. The van der Waals surface area contributed by atoms with Crippen LogP contribution in [0.2, 0.25) is 0 Å². The van der Waals surface area contributed by atoms with Gasteiger partial charge in [0.05, 0.1) is 5.69 Å². The van der Waals surface area contributed by atoms with Crippen LogP contribution in [0.25, 0.3) is 0 Å². The number of nitrogens with one attached hydrogen (secondary N) is 1. The highest BCUT2D eigenvalue weighted by Crippen LogP contribution is 2.22. The average molecular weight is 225 g/mol. The van der Waals surface area contributed by atoms with E-state index >= 15 is 0 Å². The van der Waals surface area contributed by atoms with Crippen molar-refractivity contribution in [3.63, 3.8) is 0 Å². The van der Waals surface area contributed by atoms with Crippen LogP contribution in [0.4, 0.5) is 0 Å². The molecule has 1 fully saturated rings. The summed E-state index contributed by atoms with van der Waals surface area (Å²) in [6, 6.07) is 6.66. The molecule has 3 heteroatoms. The number of alkyl halides is 1. The van der Waals surface area contributed by atoms with E-state index in [4.69, 9.17) is 11.6 Å². The summed E-state index contributed by atoms with van der Waals surface area (Å²) in [5, 5.41) is 3.94. The van der Waals surface area contributed by atoms with E-state index in [2.05, 4.69) is 16.4 Å². The minimum atomic E-state index is 0.401. The second kappa shape index (κ2) is 5.47. The lowest BCUT2D eigenvalue weighted by atomic mass is 9.95. The van der Waals surface area contributed by atoms with Crippen molar-refractivity contribution in [2.45, 2.75) is 43.6 Å². The lowest BCUT2D eigenvalue weighted by Crippen LogP contribution is -2.33. The normalized spacial score (nSPS) is 26.5. The predicted molar refractivity (Wildman–Crippen MR) is 63.0 cm³/mol. The molecular formula is C12H17ClN2. The molecule has 0 saturated heterocycles. The lowest BCUT2D eigenvalue weighted by Gasteiger charge is -2.25. The van der Waals surface area contributed by atoms with Gasteiger partial charge >= 0.3 is 0 Å². The van der Waals surface area contributed by atoms with Crippen molar-refractivity contribution in [3.8, 4) is 0 Å². The van der Waals surface area contributed by atoms with Crippen molar-refractivity contribution < 1.29 is 0 Å². The van der Waals surface area contributed by atoms with Crippen LogP contribution >= 0.6 is 11.6 Å². The van der Waals surface area contributed by atoms with E-state index in [0.29, 0.717) is 11.4 Å². The van der Waals surface area contributed by atoms with Crippen LogP contribution < -0.4 is 5.32 Å². The van der Waals surface area contributed by atoms with E-state index in [1.54, 1.807) is 0 Å². The number of hydrogen-bond donors (Lipinski definition) is 1. The molecule has 1 aliphatic carbocycles. The van der Waals surface area contributed by atoms with E-state index in [1.807, 2.05) is 18.3 Å². The summed E-state index contributed by atoms with van der Waals surface area (Å²) in [5.74, 6) is 0. The zero-order valence-electron chi connectivity index (χ0n) is 8.82.